The third-order valence-electron chi connectivity index (χ3n) is 3.06. The second-order valence-corrected chi connectivity index (χ2v) is 5.72. The Morgan fingerprint density at radius 1 is 1.43 bits per heavy atom. The van der Waals surface area contributed by atoms with Gasteiger partial charge in [-0.05, 0) is 36.9 Å². The van der Waals surface area contributed by atoms with Gasteiger partial charge in [-0.15, -0.1) is 11.3 Å². The number of hydrogen-bond acceptors (Lipinski definition) is 4. The van der Waals surface area contributed by atoms with E-state index in [-0.39, 0.29) is 6.03 Å². The van der Waals surface area contributed by atoms with Crippen molar-refractivity contribution < 1.29 is 9.53 Å². The minimum absolute atomic E-state index is 0.192. The average Bonchev–Trinajstić information content (AvgIpc) is 2.98. The Hall–Kier alpha value is -2.08. The number of anilines is 1. The van der Waals surface area contributed by atoms with Gasteiger partial charge in [0.05, 0.1) is 7.11 Å². The van der Waals surface area contributed by atoms with Crippen molar-refractivity contribution in [2.75, 3.05) is 26.0 Å². The highest BCUT2D eigenvalue weighted by atomic mass is 32.1. The summed E-state index contributed by atoms with van der Waals surface area (Å²) in [6.07, 6.45) is 0.847. The molecule has 2 aromatic rings. The number of thiophene rings is 1. The Labute approximate surface area is 128 Å². The lowest BCUT2D eigenvalue weighted by atomic mass is 10.3. The summed E-state index contributed by atoms with van der Waals surface area (Å²) in [5.41, 5.74) is 0.826. The number of urea groups is 1. The second-order valence-electron chi connectivity index (χ2n) is 4.68. The number of hydrogen-bond donors (Lipinski definition) is 1. The largest absolute Gasteiger partial charge is 0.493 e. The van der Waals surface area contributed by atoms with E-state index in [0.29, 0.717) is 18.1 Å². The zero-order valence-corrected chi connectivity index (χ0v) is 13.2. The molecule has 5 nitrogen and oxygen atoms in total. The number of carbonyl (C=O) groups is 1. The SMILES string of the molecule is COc1ccc(C)nc1NC(=O)N(C)CCc1cccs1. The molecule has 21 heavy (non-hydrogen) atoms. The van der Waals surface area contributed by atoms with Crippen LogP contribution in [0.2, 0.25) is 0 Å². The molecule has 0 saturated carbocycles. The van der Waals surface area contributed by atoms with E-state index in [1.807, 2.05) is 24.4 Å². The van der Waals surface area contributed by atoms with Gasteiger partial charge < -0.3 is 9.64 Å². The fourth-order valence-electron chi connectivity index (χ4n) is 1.83. The number of likely N-dealkylation sites (N-methyl/N-ethyl adjacent to an activating group) is 1. The molecule has 0 unspecified atom stereocenters. The van der Waals surface area contributed by atoms with E-state index >= 15 is 0 Å². The molecule has 2 rings (SSSR count). The van der Waals surface area contributed by atoms with Crippen LogP contribution in [0.5, 0.6) is 5.75 Å². The molecule has 0 aliphatic carbocycles. The van der Waals surface area contributed by atoms with Crippen LogP contribution in [0.25, 0.3) is 0 Å². The second kappa shape index (κ2) is 7.08. The van der Waals surface area contributed by atoms with E-state index in [2.05, 4.69) is 16.4 Å². The fraction of sp³-hybridized carbons (Fsp3) is 0.333. The van der Waals surface area contributed by atoms with Crippen LogP contribution in [-0.4, -0.2) is 36.6 Å². The highest BCUT2D eigenvalue weighted by Gasteiger charge is 2.13. The monoisotopic (exact) mass is 305 g/mol. The Bertz CT molecular complexity index is 599. The number of amides is 2. The topological polar surface area (TPSA) is 54.5 Å². The molecule has 6 heteroatoms. The van der Waals surface area contributed by atoms with Crippen molar-refractivity contribution in [3.05, 3.63) is 40.2 Å². The lowest BCUT2D eigenvalue weighted by Crippen LogP contribution is -2.33. The summed E-state index contributed by atoms with van der Waals surface area (Å²) in [5.74, 6) is 1.01. The number of aromatic nitrogens is 1. The maximum atomic E-state index is 12.2. The minimum atomic E-state index is -0.192. The number of ether oxygens (including phenoxy) is 1. The van der Waals surface area contributed by atoms with Crippen LogP contribution in [0.15, 0.2) is 29.6 Å². The van der Waals surface area contributed by atoms with Crippen molar-refractivity contribution in [1.29, 1.82) is 0 Å². The van der Waals surface area contributed by atoms with Gasteiger partial charge in [-0.3, -0.25) is 5.32 Å². The van der Waals surface area contributed by atoms with Crippen LogP contribution in [0.3, 0.4) is 0 Å². The molecule has 0 fully saturated rings. The van der Waals surface area contributed by atoms with Gasteiger partial charge in [0.1, 0.15) is 0 Å². The molecule has 0 atom stereocenters. The molecule has 2 heterocycles. The van der Waals surface area contributed by atoms with Crippen molar-refractivity contribution in [2.24, 2.45) is 0 Å². The molecule has 0 spiro atoms. The number of rotatable bonds is 5. The molecule has 0 radical (unpaired) electrons. The first-order valence-electron chi connectivity index (χ1n) is 6.66. The molecule has 2 aromatic heterocycles. The molecule has 0 aliphatic heterocycles. The van der Waals surface area contributed by atoms with Crippen molar-refractivity contribution in [1.82, 2.24) is 9.88 Å². The van der Waals surface area contributed by atoms with Gasteiger partial charge in [0.2, 0.25) is 0 Å². The van der Waals surface area contributed by atoms with Gasteiger partial charge >= 0.3 is 6.03 Å². The smallest absolute Gasteiger partial charge is 0.322 e. The average molecular weight is 305 g/mol. The maximum absolute atomic E-state index is 12.2. The Morgan fingerprint density at radius 3 is 2.90 bits per heavy atom. The number of nitrogens with one attached hydrogen (secondary N) is 1. The lowest BCUT2D eigenvalue weighted by Gasteiger charge is -2.18. The number of aryl methyl sites for hydroxylation is 1. The summed E-state index contributed by atoms with van der Waals surface area (Å²) in [7, 11) is 3.33. The van der Waals surface area contributed by atoms with E-state index in [1.165, 1.54) is 4.88 Å². The van der Waals surface area contributed by atoms with Gasteiger partial charge in [0.25, 0.3) is 0 Å². The van der Waals surface area contributed by atoms with Crippen LogP contribution >= 0.6 is 11.3 Å². The van der Waals surface area contributed by atoms with Crippen molar-refractivity contribution in [2.45, 2.75) is 13.3 Å². The molecule has 0 aromatic carbocycles. The predicted octanol–water partition coefficient (Wildman–Crippen LogP) is 3.17. The van der Waals surface area contributed by atoms with Gasteiger partial charge in [0, 0.05) is 24.2 Å². The van der Waals surface area contributed by atoms with Crippen LogP contribution in [0, 0.1) is 6.92 Å². The quantitative estimate of drug-likeness (QED) is 0.923. The van der Waals surface area contributed by atoms with Crippen LogP contribution in [0.4, 0.5) is 10.6 Å². The van der Waals surface area contributed by atoms with E-state index in [1.54, 1.807) is 36.5 Å². The number of pyridine rings is 1. The summed E-state index contributed by atoms with van der Waals surface area (Å²) in [6, 6.07) is 7.53. The van der Waals surface area contributed by atoms with E-state index < -0.39 is 0 Å². The predicted molar refractivity (Wildman–Crippen MR) is 85.2 cm³/mol. The van der Waals surface area contributed by atoms with Crippen molar-refractivity contribution in [3.63, 3.8) is 0 Å². The number of methoxy groups -OCH3 is 1. The van der Waals surface area contributed by atoms with Gasteiger partial charge in [-0.25, -0.2) is 9.78 Å². The molecule has 0 bridgehead atoms. The van der Waals surface area contributed by atoms with Crippen LogP contribution in [0.1, 0.15) is 10.6 Å². The molecular weight excluding hydrogens is 286 g/mol. The molecule has 0 saturated heterocycles. The maximum Gasteiger partial charge on any atom is 0.322 e. The summed E-state index contributed by atoms with van der Waals surface area (Å²) in [4.78, 5) is 19.4. The fourth-order valence-corrected chi connectivity index (χ4v) is 2.53. The summed E-state index contributed by atoms with van der Waals surface area (Å²) in [6.45, 7) is 2.52. The first-order chi connectivity index (χ1) is 10.1. The molecular formula is C15H19N3O2S. The first-order valence-corrected chi connectivity index (χ1v) is 7.54. The summed E-state index contributed by atoms with van der Waals surface area (Å²) >= 11 is 1.70. The third kappa shape index (κ3) is 4.19. The summed E-state index contributed by atoms with van der Waals surface area (Å²) in [5, 5.41) is 4.83. The molecule has 1 N–H and O–H groups in total. The Balaban J connectivity index is 1.95. The van der Waals surface area contributed by atoms with E-state index in [4.69, 9.17) is 4.74 Å². The normalized spacial score (nSPS) is 10.2. The number of nitrogens with zero attached hydrogens (tertiary/aromatic N) is 2. The van der Waals surface area contributed by atoms with Gasteiger partial charge in [-0.1, -0.05) is 6.07 Å². The van der Waals surface area contributed by atoms with Gasteiger partial charge in [-0.2, -0.15) is 0 Å². The van der Waals surface area contributed by atoms with E-state index in [9.17, 15) is 4.79 Å². The van der Waals surface area contributed by atoms with Crippen LogP contribution < -0.4 is 10.1 Å². The number of carbonyl (C=O) groups excluding carboxylic acids is 1. The van der Waals surface area contributed by atoms with Gasteiger partial charge in [0.15, 0.2) is 11.6 Å². The summed E-state index contributed by atoms with van der Waals surface area (Å²) < 4.78 is 5.21. The molecule has 112 valence electrons. The third-order valence-corrected chi connectivity index (χ3v) is 4.00. The zero-order chi connectivity index (χ0) is 15.2. The molecule has 2 amide bonds. The van der Waals surface area contributed by atoms with Crippen LogP contribution in [-0.2, 0) is 6.42 Å². The first kappa shape index (κ1) is 15.3. The Kier molecular flexibility index (Phi) is 5.16. The Morgan fingerprint density at radius 2 is 2.24 bits per heavy atom. The van der Waals surface area contributed by atoms with E-state index in [0.717, 1.165) is 12.1 Å². The highest BCUT2D eigenvalue weighted by Crippen LogP contribution is 2.22. The standard InChI is InChI=1S/C15H19N3O2S/c1-11-6-7-13(20-3)14(16-11)17-15(19)18(2)9-8-12-5-4-10-21-12/h4-7,10H,8-9H2,1-3H3,(H,16,17,19). The zero-order valence-electron chi connectivity index (χ0n) is 12.4. The van der Waals surface area contributed by atoms with Crippen molar-refractivity contribution in [3.8, 4) is 5.75 Å². The van der Waals surface area contributed by atoms with Crippen molar-refractivity contribution >= 4 is 23.2 Å². The minimum Gasteiger partial charge on any atom is -0.493 e. The lowest BCUT2D eigenvalue weighted by molar-refractivity contribution is 0.223. The molecule has 0 aliphatic rings. The highest BCUT2D eigenvalue weighted by molar-refractivity contribution is 7.09.